The molecule has 0 saturated carbocycles. The molecule has 1 unspecified atom stereocenters. The summed E-state index contributed by atoms with van der Waals surface area (Å²) in [6.07, 6.45) is -5.33. The van der Waals surface area contributed by atoms with Gasteiger partial charge in [0.05, 0.1) is 12.2 Å². The number of rotatable bonds is 2. The molecule has 22 heavy (non-hydrogen) atoms. The van der Waals surface area contributed by atoms with Gasteiger partial charge in [0, 0.05) is 0 Å². The summed E-state index contributed by atoms with van der Waals surface area (Å²) < 4.78 is 32.7. The Bertz CT molecular complexity index is 760. The molecule has 3 rings (SSSR count). The van der Waals surface area contributed by atoms with Crippen LogP contribution in [0, 0.1) is 0 Å². The van der Waals surface area contributed by atoms with E-state index in [9.17, 15) is 13.9 Å². The van der Waals surface area contributed by atoms with Crippen LogP contribution in [0.3, 0.4) is 0 Å². The number of aliphatic hydroxyl groups excluding tert-OH is 2. The van der Waals surface area contributed by atoms with Crippen molar-refractivity contribution in [2.75, 3.05) is 18.1 Å². The van der Waals surface area contributed by atoms with Crippen molar-refractivity contribution in [2.45, 2.75) is 18.4 Å². The van der Waals surface area contributed by atoms with E-state index in [-0.39, 0.29) is 22.9 Å². The third-order valence-corrected chi connectivity index (χ3v) is 3.41. The zero-order valence-electron chi connectivity index (χ0n) is 11.0. The third-order valence-electron chi connectivity index (χ3n) is 3.41. The number of nitrogens with zero attached hydrogens (tertiary/aromatic N) is 4. The van der Waals surface area contributed by atoms with Crippen LogP contribution in [0.2, 0.25) is 0 Å². The summed E-state index contributed by atoms with van der Waals surface area (Å²) in [4.78, 5) is 11.6. The lowest BCUT2D eigenvalue weighted by molar-refractivity contribution is -0.0416. The molecule has 1 fully saturated rings. The van der Waals surface area contributed by atoms with Crippen LogP contribution in [0.25, 0.3) is 11.2 Å². The number of fused-ring (bicyclic) bond motifs is 1. The Kier molecular flexibility index (Phi) is 3.39. The molecule has 6 N–H and O–H groups in total. The third kappa shape index (κ3) is 1.98. The maximum Gasteiger partial charge on any atom is 0.276 e. The fourth-order valence-corrected chi connectivity index (χ4v) is 2.38. The zero-order valence-corrected chi connectivity index (χ0v) is 11.0. The van der Waals surface area contributed by atoms with Crippen molar-refractivity contribution in [3.05, 3.63) is 18.0 Å². The molecular formula is C11H12F2N6O3. The first-order valence-electron chi connectivity index (χ1n) is 6.19. The predicted molar refractivity (Wildman–Crippen MR) is 70.4 cm³/mol. The van der Waals surface area contributed by atoms with E-state index in [4.69, 9.17) is 21.3 Å². The molecule has 3 atom stereocenters. The molecular weight excluding hydrogens is 302 g/mol. The van der Waals surface area contributed by atoms with Gasteiger partial charge in [-0.05, 0) is 0 Å². The Morgan fingerprint density at radius 1 is 1.36 bits per heavy atom. The second kappa shape index (κ2) is 5.12. The first-order chi connectivity index (χ1) is 10.5. The van der Waals surface area contributed by atoms with Crippen LogP contribution in [0.5, 0.6) is 0 Å². The van der Waals surface area contributed by atoms with E-state index >= 15 is 0 Å². The van der Waals surface area contributed by atoms with Crippen LogP contribution in [-0.4, -0.2) is 48.5 Å². The number of aliphatic hydroxyl groups is 2. The van der Waals surface area contributed by atoms with E-state index in [1.807, 2.05) is 0 Å². The number of hydrogen-bond acceptors (Lipinski definition) is 8. The number of nitrogens with two attached hydrogens (primary N) is 2. The van der Waals surface area contributed by atoms with Crippen LogP contribution in [0.4, 0.5) is 20.5 Å². The number of imidazole rings is 1. The summed E-state index contributed by atoms with van der Waals surface area (Å²) in [6, 6.07) is 0. The first-order valence-corrected chi connectivity index (χ1v) is 6.19. The van der Waals surface area contributed by atoms with E-state index in [1.54, 1.807) is 0 Å². The topological polar surface area (TPSA) is 145 Å². The SMILES string of the molecule is Nc1ncnc2c1nc(N)n2[C@@H]1O[C@H](CO)C(O)C1=C(F)F. The van der Waals surface area contributed by atoms with Crippen LogP contribution in [0.1, 0.15) is 6.23 Å². The minimum Gasteiger partial charge on any atom is -0.394 e. The first kappa shape index (κ1) is 14.6. The second-order valence-corrected chi connectivity index (χ2v) is 4.64. The molecule has 0 amide bonds. The molecule has 0 aromatic carbocycles. The monoisotopic (exact) mass is 314 g/mol. The molecule has 0 spiro atoms. The van der Waals surface area contributed by atoms with E-state index in [2.05, 4.69) is 15.0 Å². The van der Waals surface area contributed by atoms with Crippen LogP contribution in [-0.2, 0) is 4.74 Å². The van der Waals surface area contributed by atoms with Gasteiger partial charge in [0.15, 0.2) is 23.2 Å². The van der Waals surface area contributed by atoms with E-state index in [0.29, 0.717) is 0 Å². The molecule has 1 aliphatic heterocycles. The fraction of sp³-hybridized carbons (Fsp3) is 0.364. The summed E-state index contributed by atoms with van der Waals surface area (Å²) in [7, 11) is 0. The van der Waals surface area contributed by atoms with E-state index < -0.39 is 36.7 Å². The van der Waals surface area contributed by atoms with Gasteiger partial charge in [-0.2, -0.15) is 8.78 Å². The number of nitrogen functional groups attached to an aromatic ring is 2. The average Bonchev–Trinajstić information content (AvgIpc) is 2.96. The highest BCUT2D eigenvalue weighted by atomic mass is 19.3. The van der Waals surface area contributed by atoms with Gasteiger partial charge in [0.1, 0.15) is 18.5 Å². The molecule has 2 aromatic heterocycles. The van der Waals surface area contributed by atoms with Gasteiger partial charge in [0.2, 0.25) is 5.95 Å². The molecule has 2 aromatic rings. The number of aromatic nitrogens is 4. The molecule has 1 saturated heterocycles. The summed E-state index contributed by atoms with van der Waals surface area (Å²) >= 11 is 0. The summed E-state index contributed by atoms with van der Waals surface area (Å²) in [5.41, 5.74) is 10.9. The van der Waals surface area contributed by atoms with Gasteiger partial charge < -0.3 is 26.4 Å². The number of hydrogen-bond donors (Lipinski definition) is 4. The zero-order chi connectivity index (χ0) is 16.0. The van der Waals surface area contributed by atoms with Crippen molar-refractivity contribution in [3.8, 4) is 0 Å². The van der Waals surface area contributed by atoms with E-state index in [1.165, 1.54) is 0 Å². The van der Waals surface area contributed by atoms with Crippen molar-refractivity contribution in [1.29, 1.82) is 0 Å². The fourth-order valence-electron chi connectivity index (χ4n) is 2.38. The summed E-state index contributed by atoms with van der Waals surface area (Å²) in [6.45, 7) is -0.641. The molecule has 9 nitrogen and oxygen atoms in total. The molecule has 0 aliphatic carbocycles. The Labute approximate surface area is 121 Å². The maximum absolute atomic E-state index is 13.2. The Morgan fingerprint density at radius 2 is 2.09 bits per heavy atom. The van der Waals surface area contributed by atoms with Gasteiger partial charge in [-0.3, -0.25) is 4.57 Å². The maximum atomic E-state index is 13.2. The van der Waals surface area contributed by atoms with Crippen LogP contribution in [0.15, 0.2) is 18.0 Å². The largest absolute Gasteiger partial charge is 0.394 e. The number of anilines is 2. The summed E-state index contributed by atoms with van der Waals surface area (Å²) in [5, 5.41) is 19.0. The highest BCUT2D eigenvalue weighted by Crippen LogP contribution is 2.40. The second-order valence-electron chi connectivity index (χ2n) is 4.64. The van der Waals surface area contributed by atoms with Gasteiger partial charge >= 0.3 is 0 Å². The molecule has 0 radical (unpaired) electrons. The molecule has 118 valence electrons. The van der Waals surface area contributed by atoms with Gasteiger partial charge in [-0.1, -0.05) is 0 Å². The van der Waals surface area contributed by atoms with Crippen molar-refractivity contribution in [2.24, 2.45) is 0 Å². The van der Waals surface area contributed by atoms with Crippen molar-refractivity contribution in [1.82, 2.24) is 19.5 Å². The Balaban J connectivity index is 2.21. The average molecular weight is 314 g/mol. The quantitative estimate of drug-likeness (QED) is 0.574. The van der Waals surface area contributed by atoms with E-state index in [0.717, 1.165) is 10.9 Å². The Morgan fingerprint density at radius 3 is 2.73 bits per heavy atom. The highest BCUT2D eigenvalue weighted by molar-refractivity contribution is 5.83. The standard InChI is InChI=1S/C11H12F2N6O3/c12-7(13)4-6(21)3(1-20)22-10(4)19-9-5(18-11(19)15)8(14)16-2-17-9/h2-3,6,10,20-21H,1H2,(H2,15,18)(H2,14,16,17)/t3-,6?,10-/m1/s1. The van der Waals surface area contributed by atoms with Crippen molar-refractivity contribution >= 4 is 22.9 Å². The van der Waals surface area contributed by atoms with Crippen LogP contribution >= 0.6 is 0 Å². The van der Waals surface area contributed by atoms with Gasteiger partial charge in [-0.15, -0.1) is 0 Å². The summed E-state index contributed by atoms with van der Waals surface area (Å²) in [5.74, 6) is -0.157. The number of ether oxygens (including phenoxy) is 1. The van der Waals surface area contributed by atoms with Gasteiger partial charge in [0.25, 0.3) is 6.08 Å². The highest BCUT2D eigenvalue weighted by Gasteiger charge is 2.44. The lowest BCUT2D eigenvalue weighted by atomic mass is 10.1. The lowest BCUT2D eigenvalue weighted by Crippen LogP contribution is -2.25. The predicted octanol–water partition coefficient (Wildman–Crippen LogP) is -0.608. The molecule has 0 bridgehead atoms. The van der Waals surface area contributed by atoms with Crippen molar-refractivity contribution in [3.63, 3.8) is 0 Å². The molecule has 1 aliphatic rings. The molecule has 3 heterocycles. The van der Waals surface area contributed by atoms with Crippen molar-refractivity contribution < 1.29 is 23.7 Å². The Hall–Kier alpha value is -2.37. The normalized spacial score (nSPS) is 25.1. The smallest absolute Gasteiger partial charge is 0.276 e. The minimum absolute atomic E-state index is 0.0268. The molecule has 11 heteroatoms. The van der Waals surface area contributed by atoms with Crippen LogP contribution < -0.4 is 11.5 Å². The van der Waals surface area contributed by atoms with Gasteiger partial charge in [-0.25, -0.2) is 15.0 Å². The lowest BCUT2D eigenvalue weighted by Gasteiger charge is -2.15. The number of halogens is 2. The minimum atomic E-state index is -2.13.